The van der Waals surface area contributed by atoms with Crippen LogP contribution in [0, 0.1) is 18.6 Å². The normalized spacial score (nSPS) is 16.3. The lowest BCUT2D eigenvalue weighted by molar-refractivity contribution is -0.134. The smallest absolute Gasteiger partial charge is 0.409 e. The van der Waals surface area contributed by atoms with Crippen molar-refractivity contribution < 1.29 is 37.4 Å². The molecule has 3 heterocycles. The molecule has 1 atom stereocenters. The lowest BCUT2D eigenvalue weighted by Crippen LogP contribution is -2.52. The summed E-state index contributed by atoms with van der Waals surface area (Å²) in [4.78, 5) is 60.7. The van der Waals surface area contributed by atoms with Gasteiger partial charge in [0.15, 0.2) is 18.2 Å². The molecular formula is C34H39F2N5O6. The summed E-state index contributed by atoms with van der Waals surface area (Å²) in [5.41, 5.74) is 1.91. The van der Waals surface area contributed by atoms with Crippen molar-refractivity contribution in [3.63, 3.8) is 0 Å². The van der Waals surface area contributed by atoms with Crippen LogP contribution < -0.4 is 10.1 Å². The maximum absolute atomic E-state index is 13.9. The van der Waals surface area contributed by atoms with Gasteiger partial charge in [0, 0.05) is 44.2 Å². The summed E-state index contributed by atoms with van der Waals surface area (Å²) in [7, 11) is 0. The molecule has 1 aromatic heterocycles. The zero-order valence-electron chi connectivity index (χ0n) is 26.6. The molecule has 5 rings (SSSR count). The number of likely N-dealkylation sites (tertiary alicyclic amines) is 1. The van der Waals surface area contributed by atoms with Gasteiger partial charge in [0.05, 0.1) is 24.7 Å². The lowest BCUT2D eigenvalue weighted by atomic mass is 10.0. The average molecular weight is 652 g/mol. The molecule has 11 nitrogen and oxygen atoms in total. The van der Waals surface area contributed by atoms with Gasteiger partial charge < -0.3 is 29.5 Å². The van der Waals surface area contributed by atoms with Crippen LogP contribution in [0.5, 0.6) is 5.75 Å². The number of aromatic nitrogens is 1. The average Bonchev–Trinajstić information content (AvgIpc) is 3.57. The topological polar surface area (TPSA) is 121 Å². The molecule has 0 aliphatic carbocycles. The van der Waals surface area contributed by atoms with Gasteiger partial charge in [0.25, 0.3) is 11.8 Å². The second-order valence-corrected chi connectivity index (χ2v) is 11.8. The number of nitrogens with zero attached hydrogens (tertiary/aromatic N) is 4. The number of unbranched alkanes of at least 4 members (excludes halogenated alkanes) is 1. The van der Waals surface area contributed by atoms with Crippen molar-refractivity contribution in [3.05, 3.63) is 70.9 Å². The number of amides is 4. The molecule has 250 valence electrons. The maximum Gasteiger partial charge on any atom is 0.409 e. The van der Waals surface area contributed by atoms with Crippen LogP contribution in [-0.4, -0.2) is 96.0 Å². The zero-order valence-corrected chi connectivity index (χ0v) is 26.6. The molecule has 3 aromatic rings. The Morgan fingerprint density at radius 1 is 0.936 bits per heavy atom. The number of fused-ring (bicyclic) bond motifs is 1. The van der Waals surface area contributed by atoms with E-state index in [4.69, 9.17) is 9.47 Å². The molecule has 2 saturated heterocycles. The minimum absolute atomic E-state index is 0.0128. The number of hydrogen-bond acceptors (Lipinski definition) is 7. The van der Waals surface area contributed by atoms with E-state index in [1.807, 2.05) is 19.9 Å². The number of aryl methyl sites for hydroxylation is 1. The predicted molar refractivity (Wildman–Crippen MR) is 169 cm³/mol. The Hall–Kier alpha value is -4.81. The number of carbonyl (C=O) groups is 4. The Bertz CT molecular complexity index is 1640. The molecule has 2 aliphatic rings. The fraction of sp³-hybridized carbons (Fsp3) is 0.441. The number of pyridine rings is 1. The number of nitrogens with one attached hydrogen (secondary N) is 1. The molecular weight excluding hydrogens is 612 g/mol. The Kier molecular flexibility index (Phi) is 10.8. The molecule has 1 N–H and O–H groups in total. The first kappa shape index (κ1) is 33.6. The number of rotatable bonds is 10. The third-order valence-electron chi connectivity index (χ3n) is 8.43. The highest BCUT2D eigenvalue weighted by Gasteiger charge is 2.31. The summed E-state index contributed by atoms with van der Waals surface area (Å²) in [6.07, 6.45) is 2.64. The highest BCUT2D eigenvalue weighted by atomic mass is 19.2. The van der Waals surface area contributed by atoms with Crippen molar-refractivity contribution in [2.45, 2.75) is 45.6 Å². The molecule has 1 unspecified atom stereocenters. The molecule has 47 heavy (non-hydrogen) atoms. The van der Waals surface area contributed by atoms with Crippen LogP contribution in [0.2, 0.25) is 0 Å². The summed E-state index contributed by atoms with van der Waals surface area (Å²) in [5.74, 6) is -2.86. The fourth-order valence-electron chi connectivity index (χ4n) is 5.79. The van der Waals surface area contributed by atoms with Crippen molar-refractivity contribution in [3.8, 4) is 5.75 Å². The van der Waals surface area contributed by atoms with Gasteiger partial charge in [-0.15, -0.1) is 0 Å². The van der Waals surface area contributed by atoms with E-state index in [0.717, 1.165) is 30.5 Å². The third-order valence-corrected chi connectivity index (χ3v) is 8.43. The SMILES string of the molecule is CCCCOC(=O)N1CCN(C(=O)CNC(=O)c2cc(OCC(=O)N3CCCC3c3ccc(F)c(F)c3)c3ccc(C)cc3n2)CC1. The molecule has 0 bridgehead atoms. The van der Waals surface area contributed by atoms with Gasteiger partial charge in [-0.05, 0) is 61.6 Å². The highest BCUT2D eigenvalue weighted by Crippen LogP contribution is 2.33. The molecule has 0 radical (unpaired) electrons. The van der Waals surface area contributed by atoms with Crippen molar-refractivity contribution in [1.82, 2.24) is 25.0 Å². The first-order valence-electron chi connectivity index (χ1n) is 15.9. The lowest BCUT2D eigenvalue weighted by Gasteiger charge is -2.34. The van der Waals surface area contributed by atoms with Crippen LogP contribution in [0.15, 0.2) is 42.5 Å². The van der Waals surface area contributed by atoms with Crippen LogP contribution >= 0.6 is 0 Å². The van der Waals surface area contributed by atoms with Crippen LogP contribution in [0.3, 0.4) is 0 Å². The van der Waals surface area contributed by atoms with E-state index in [0.29, 0.717) is 68.6 Å². The Morgan fingerprint density at radius 3 is 2.45 bits per heavy atom. The summed E-state index contributed by atoms with van der Waals surface area (Å²) in [5, 5.41) is 3.22. The molecule has 0 spiro atoms. The summed E-state index contributed by atoms with van der Waals surface area (Å²) < 4.78 is 38.6. The first-order valence-corrected chi connectivity index (χ1v) is 15.9. The number of hydrogen-bond donors (Lipinski definition) is 1. The molecule has 13 heteroatoms. The molecule has 2 fully saturated rings. The van der Waals surface area contributed by atoms with Crippen LogP contribution in [-0.2, 0) is 14.3 Å². The van der Waals surface area contributed by atoms with Gasteiger partial charge in [0.1, 0.15) is 11.4 Å². The maximum atomic E-state index is 13.9. The van der Waals surface area contributed by atoms with E-state index in [1.54, 1.807) is 26.8 Å². The fourth-order valence-corrected chi connectivity index (χ4v) is 5.79. The van der Waals surface area contributed by atoms with E-state index >= 15 is 0 Å². The minimum Gasteiger partial charge on any atom is -0.483 e. The standard InChI is InChI=1S/C34H39F2N5O6/c1-3-4-16-46-34(45)40-14-12-39(13-15-40)31(42)20-37-33(44)28-19-30(24-9-7-22(2)17-27(24)38-28)47-21-32(43)41-11-5-6-29(41)23-8-10-25(35)26(36)18-23/h7-10,17-19,29H,3-6,11-16,20-21H2,1-2H3,(H,37,44). The van der Waals surface area contributed by atoms with Crippen LogP contribution in [0.1, 0.15) is 60.3 Å². The summed E-state index contributed by atoms with van der Waals surface area (Å²) >= 11 is 0. The van der Waals surface area contributed by atoms with Gasteiger partial charge >= 0.3 is 6.09 Å². The van der Waals surface area contributed by atoms with Gasteiger partial charge in [0.2, 0.25) is 5.91 Å². The summed E-state index contributed by atoms with van der Waals surface area (Å²) in [6.45, 7) is 5.43. The Labute approximate surface area is 271 Å². The molecule has 2 aromatic carbocycles. The van der Waals surface area contributed by atoms with Gasteiger partial charge in [-0.2, -0.15) is 0 Å². The van der Waals surface area contributed by atoms with E-state index in [2.05, 4.69) is 10.3 Å². The molecule has 4 amide bonds. The third kappa shape index (κ3) is 8.13. The monoisotopic (exact) mass is 651 g/mol. The number of halogens is 2. The quantitative estimate of drug-likeness (QED) is 0.323. The van der Waals surface area contributed by atoms with Gasteiger partial charge in [-0.1, -0.05) is 25.5 Å². The summed E-state index contributed by atoms with van der Waals surface area (Å²) in [6, 6.07) is 10.1. The van der Waals surface area contributed by atoms with Crippen LogP contribution in [0.4, 0.5) is 13.6 Å². The number of carbonyl (C=O) groups excluding carboxylic acids is 4. The van der Waals surface area contributed by atoms with Crippen LogP contribution in [0.25, 0.3) is 10.9 Å². The van der Waals surface area contributed by atoms with Crippen molar-refractivity contribution in [2.75, 3.05) is 52.5 Å². The van der Waals surface area contributed by atoms with E-state index in [1.165, 1.54) is 12.1 Å². The van der Waals surface area contributed by atoms with E-state index in [9.17, 15) is 28.0 Å². The number of ether oxygens (including phenoxy) is 2. The second-order valence-electron chi connectivity index (χ2n) is 11.8. The van der Waals surface area contributed by atoms with E-state index in [-0.39, 0.29) is 42.5 Å². The molecule has 0 saturated carbocycles. The largest absolute Gasteiger partial charge is 0.483 e. The highest BCUT2D eigenvalue weighted by molar-refractivity contribution is 5.98. The first-order chi connectivity index (χ1) is 22.6. The minimum atomic E-state index is -0.966. The Balaban J connectivity index is 1.21. The van der Waals surface area contributed by atoms with Crippen molar-refractivity contribution in [1.29, 1.82) is 0 Å². The molecule has 2 aliphatic heterocycles. The Morgan fingerprint density at radius 2 is 1.70 bits per heavy atom. The zero-order chi connectivity index (χ0) is 33.5. The van der Waals surface area contributed by atoms with Gasteiger partial charge in [-0.3, -0.25) is 14.4 Å². The van der Waals surface area contributed by atoms with Crippen molar-refractivity contribution in [2.24, 2.45) is 0 Å². The second kappa shape index (κ2) is 15.2. The predicted octanol–water partition coefficient (Wildman–Crippen LogP) is 4.37. The number of piperazine rings is 1. The number of benzene rings is 2. The van der Waals surface area contributed by atoms with Crippen molar-refractivity contribution >= 4 is 34.7 Å². The van der Waals surface area contributed by atoms with E-state index < -0.39 is 23.6 Å². The van der Waals surface area contributed by atoms with Gasteiger partial charge in [-0.25, -0.2) is 18.6 Å².